The van der Waals surface area contributed by atoms with Crippen LogP contribution in [0.25, 0.3) is 27.8 Å². The number of nitrogens with zero attached hydrogens (tertiary/aromatic N) is 5. The van der Waals surface area contributed by atoms with Gasteiger partial charge in [-0.3, -0.25) is 9.55 Å². The molecule has 4 aromatic rings. The van der Waals surface area contributed by atoms with Gasteiger partial charge in [0.15, 0.2) is 0 Å². The molecule has 0 unspecified atom stereocenters. The van der Waals surface area contributed by atoms with E-state index in [-0.39, 0.29) is 0 Å². The van der Waals surface area contributed by atoms with Gasteiger partial charge in [-0.15, -0.1) is 0 Å². The molecule has 4 rings (SSSR count). The summed E-state index contributed by atoms with van der Waals surface area (Å²) in [5.41, 5.74) is 3.15. The highest BCUT2D eigenvalue weighted by molar-refractivity contribution is 5.80. The zero-order valence-electron chi connectivity index (χ0n) is 13.6. The quantitative estimate of drug-likeness (QED) is 0.580. The highest BCUT2D eigenvalue weighted by Gasteiger charge is 2.06. The Morgan fingerprint density at radius 1 is 0.833 bits per heavy atom. The van der Waals surface area contributed by atoms with Gasteiger partial charge in [0, 0.05) is 55.4 Å². The standard InChI is InChI=1S/C19H17N5/c1-23(2)18-5-3-15(11-21-18)16-4-6-19(22-12-16)24-10-8-14-7-9-20-13-17(14)24/h3-13H,1-2H3. The van der Waals surface area contributed by atoms with Crippen molar-refractivity contribution in [3.8, 4) is 16.9 Å². The highest BCUT2D eigenvalue weighted by Crippen LogP contribution is 2.22. The first kappa shape index (κ1) is 14.4. The number of aromatic nitrogens is 4. The van der Waals surface area contributed by atoms with Gasteiger partial charge in [0.25, 0.3) is 0 Å². The molecule has 4 heterocycles. The summed E-state index contributed by atoms with van der Waals surface area (Å²) < 4.78 is 2.04. The largest absolute Gasteiger partial charge is 0.363 e. The fourth-order valence-electron chi connectivity index (χ4n) is 2.69. The van der Waals surface area contributed by atoms with Crippen molar-refractivity contribution < 1.29 is 0 Å². The molecule has 0 aliphatic carbocycles. The molecule has 5 nitrogen and oxygen atoms in total. The van der Waals surface area contributed by atoms with Gasteiger partial charge in [0.1, 0.15) is 11.6 Å². The van der Waals surface area contributed by atoms with Crippen LogP contribution in [0, 0.1) is 0 Å². The predicted molar refractivity (Wildman–Crippen MR) is 96.4 cm³/mol. The maximum absolute atomic E-state index is 4.60. The topological polar surface area (TPSA) is 46.8 Å². The summed E-state index contributed by atoms with van der Waals surface area (Å²) in [6, 6.07) is 12.2. The summed E-state index contributed by atoms with van der Waals surface area (Å²) in [5, 5.41) is 1.15. The Balaban J connectivity index is 1.67. The van der Waals surface area contributed by atoms with Gasteiger partial charge in [0.2, 0.25) is 0 Å². The Labute approximate surface area is 140 Å². The van der Waals surface area contributed by atoms with Gasteiger partial charge in [-0.25, -0.2) is 9.97 Å². The number of pyridine rings is 3. The summed E-state index contributed by atoms with van der Waals surface area (Å²) in [7, 11) is 3.96. The molecule has 5 heteroatoms. The molecule has 0 fully saturated rings. The van der Waals surface area contributed by atoms with E-state index < -0.39 is 0 Å². The van der Waals surface area contributed by atoms with Crippen molar-refractivity contribution >= 4 is 16.7 Å². The molecule has 0 N–H and O–H groups in total. The van der Waals surface area contributed by atoms with Gasteiger partial charge < -0.3 is 4.90 Å². The molecule has 0 spiro atoms. The molecule has 0 amide bonds. The van der Waals surface area contributed by atoms with E-state index in [1.807, 2.05) is 66.5 Å². The first-order chi connectivity index (χ1) is 11.7. The monoisotopic (exact) mass is 315 g/mol. The molecule has 0 aliphatic rings. The maximum atomic E-state index is 4.60. The Morgan fingerprint density at radius 3 is 2.29 bits per heavy atom. The molecular weight excluding hydrogens is 298 g/mol. The van der Waals surface area contributed by atoms with Crippen LogP contribution >= 0.6 is 0 Å². The number of anilines is 1. The third-order valence-corrected chi connectivity index (χ3v) is 4.03. The Bertz CT molecular complexity index is 969. The summed E-state index contributed by atoms with van der Waals surface area (Å²) in [6.45, 7) is 0. The minimum atomic E-state index is 0.875. The van der Waals surface area contributed by atoms with E-state index in [2.05, 4.69) is 33.2 Å². The molecule has 0 saturated carbocycles. The highest BCUT2D eigenvalue weighted by atomic mass is 15.1. The van der Waals surface area contributed by atoms with E-state index in [4.69, 9.17) is 0 Å². The van der Waals surface area contributed by atoms with Crippen LogP contribution < -0.4 is 4.90 Å². The van der Waals surface area contributed by atoms with Crippen LogP contribution in [-0.4, -0.2) is 33.6 Å². The van der Waals surface area contributed by atoms with Gasteiger partial charge in [-0.2, -0.15) is 0 Å². The van der Waals surface area contributed by atoms with Gasteiger partial charge in [0.05, 0.1) is 11.7 Å². The second-order valence-corrected chi connectivity index (χ2v) is 5.82. The van der Waals surface area contributed by atoms with E-state index in [1.165, 1.54) is 0 Å². The Morgan fingerprint density at radius 2 is 1.62 bits per heavy atom. The Kier molecular flexibility index (Phi) is 3.46. The smallest absolute Gasteiger partial charge is 0.137 e. The van der Waals surface area contributed by atoms with Gasteiger partial charge in [-0.05, 0) is 36.4 Å². The Hall–Kier alpha value is -3.21. The second kappa shape index (κ2) is 5.77. The minimum absolute atomic E-state index is 0.875. The van der Waals surface area contributed by atoms with Gasteiger partial charge >= 0.3 is 0 Å². The van der Waals surface area contributed by atoms with Crippen LogP contribution in [0.2, 0.25) is 0 Å². The maximum Gasteiger partial charge on any atom is 0.137 e. The fourth-order valence-corrected chi connectivity index (χ4v) is 2.69. The SMILES string of the molecule is CN(C)c1ccc(-c2ccc(-n3ccc4ccncc43)nc2)cn1. The third kappa shape index (κ3) is 2.50. The lowest BCUT2D eigenvalue weighted by Crippen LogP contribution is -2.09. The van der Waals surface area contributed by atoms with Crippen LogP contribution in [0.1, 0.15) is 0 Å². The van der Waals surface area contributed by atoms with Crippen molar-refractivity contribution in [3.63, 3.8) is 0 Å². The summed E-state index contributed by atoms with van der Waals surface area (Å²) >= 11 is 0. The second-order valence-electron chi connectivity index (χ2n) is 5.82. The van der Waals surface area contributed by atoms with Gasteiger partial charge in [-0.1, -0.05) is 0 Å². The zero-order valence-corrected chi connectivity index (χ0v) is 13.6. The molecule has 24 heavy (non-hydrogen) atoms. The van der Waals surface area contributed by atoms with Crippen LogP contribution in [0.5, 0.6) is 0 Å². The predicted octanol–water partition coefficient (Wildman–Crippen LogP) is 3.55. The van der Waals surface area contributed by atoms with Crippen molar-refractivity contribution in [3.05, 3.63) is 67.4 Å². The molecule has 0 aliphatic heterocycles. The van der Waals surface area contributed by atoms with Crippen molar-refractivity contribution in [2.24, 2.45) is 0 Å². The zero-order chi connectivity index (χ0) is 16.5. The van der Waals surface area contributed by atoms with Crippen molar-refractivity contribution in [1.82, 2.24) is 19.5 Å². The van der Waals surface area contributed by atoms with E-state index >= 15 is 0 Å². The normalized spacial score (nSPS) is 10.9. The number of fused-ring (bicyclic) bond motifs is 1. The van der Waals surface area contributed by atoms with Crippen LogP contribution in [-0.2, 0) is 0 Å². The number of hydrogen-bond donors (Lipinski definition) is 0. The van der Waals surface area contributed by atoms with Crippen LogP contribution in [0.4, 0.5) is 5.82 Å². The molecular formula is C19H17N5. The molecule has 0 atom stereocenters. The lowest BCUT2D eigenvalue weighted by Gasteiger charge is -2.11. The van der Waals surface area contributed by atoms with Crippen molar-refractivity contribution in [2.45, 2.75) is 0 Å². The molecule has 0 radical (unpaired) electrons. The van der Waals surface area contributed by atoms with E-state index in [0.717, 1.165) is 33.7 Å². The minimum Gasteiger partial charge on any atom is -0.363 e. The first-order valence-corrected chi connectivity index (χ1v) is 7.73. The van der Waals surface area contributed by atoms with E-state index in [0.29, 0.717) is 0 Å². The summed E-state index contributed by atoms with van der Waals surface area (Å²) in [4.78, 5) is 15.2. The van der Waals surface area contributed by atoms with E-state index in [9.17, 15) is 0 Å². The average Bonchev–Trinajstić information content (AvgIpc) is 3.06. The summed E-state index contributed by atoms with van der Waals surface area (Å²) in [5.74, 6) is 1.81. The van der Waals surface area contributed by atoms with Crippen molar-refractivity contribution in [2.75, 3.05) is 19.0 Å². The molecule has 118 valence electrons. The molecule has 0 aromatic carbocycles. The van der Waals surface area contributed by atoms with E-state index in [1.54, 1.807) is 6.20 Å². The first-order valence-electron chi connectivity index (χ1n) is 7.73. The number of hydrogen-bond acceptors (Lipinski definition) is 4. The van der Waals surface area contributed by atoms with Crippen molar-refractivity contribution in [1.29, 1.82) is 0 Å². The molecule has 0 bridgehead atoms. The lowest BCUT2D eigenvalue weighted by atomic mass is 10.1. The fraction of sp³-hybridized carbons (Fsp3) is 0.105. The van der Waals surface area contributed by atoms with Crippen LogP contribution in [0.3, 0.4) is 0 Å². The van der Waals surface area contributed by atoms with Crippen LogP contribution in [0.15, 0.2) is 67.4 Å². The average molecular weight is 315 g/mol. The number of rotatable bonds is 3. The molecule has 4 aromatic heterocycles. The third-order valence-electron chi connectivity index (χ3n) is 4.03. The lowest BCUT2D eigenvalue weighted by molar-refractivity contribution is 1.04. The molecule has 0 saturated heterocycles. The summed E-state index contributed by atoms with van der Waals surface area (Å²) in [6.07, 6.45) is 9.43.